The van der Waals surface area contributed by atoms with Crippen LogP contribution in [0.3, 0.4) is 0 Å². The second-order valence-electron chi connectivity index (χ2n) is 5.00. The quantitative estimate of drug-likeness (QED) is 0.691. The van der Waals surface area contributed by atoms with E-state index in [0.717, 1.165) is 17.3 Å². The van der Waals surface area contributed by atoms with Crippen LogP contribution >= 0.6 is 11.8 Å². The van der Waals surface area contributed by atoms with E-state index in [1.807, 2.05) is 30.3 Å². The molecule has 2 amide bonds. The van der Waals surface area contributed by atoms with E-state index in [2.05, 4.69) is 20.5 Å². The minimum Gasteiger partial charge on any atom is -0.347 e. The van der Waals surface area contributed by atoms with Crippen molar-refractivity contribution in [3.63, 3.8) is 0 Å². The first kappa shape index (κ1) is 16.0. The summed E-state index contributed by atoms with van der Waals surface area (Å²) in [6.45, 7) is 0. The number of hydrogen-bond donors (Lipinski definition) is 2. The Kier molecular flexibility index (Phi) is 4.76. The van der Waals surface area contributed by atoms with Crippen LogP contribution in [0, 0.1) is 0 Å². The highest BCUT2D eigenvalue weighted by molar-refractivity contribution is 7.99. The molecule has 0 bridgehead atoms. The molecule has 0 saturated heterocycles. The summed E-state index contributed by atoms with van der Waals surface area (Å²) in [6.07, 6.45) is 1.74. The van der Waals surface area contributed by atoms with Crippen LogP contribution in [0.2, 0.25) is 0 Å². The van der Waals surface area contributed by atoms with Crippen LogP contribution in [0.1, 0.15) is 10.5 Å². The van der Waals surface area contributed by atoms with E-state index in [0.29, 0.717) is 16.7 Å². The van der Waals surface area contributed by atoms with E-state index < -0.39 is 11.8 Å². The average molecular weight is 341 g/mol. The topological polar surface area (TPSA) is 92.7 Å². The maximum atomic E-state index is 11.9. The van der Waals surface area contributed by atoms with Crippen LogP contribution in [0.25, 0.3) is 11.4 Å². The standard InChI is InChI=1S/C16H15N5O2S/c1-21-9-5-8-12(21)15(23)17-13(22)10-24-16-18-14(19-20-16)11-6-3-2-4-7-11/h2-9H,10H2,1H3,(H,17,22,23)(H,18,19,20). The second kappa shape index (κ2) is 7.14. The van der Waals surface area contributed by atoms with Gasteiger partial charge in [0.05, 0.1) is 5.75 Å². The predicted octanol–water partition coefficient (Wildman–Crippen LogP) is 1.86. The molecule has 0 atom stereocenters. The van der Waals surface area contributed by atoms with Crippen molar-refractivity contribution in [3.8, 4) is 11.4 Å². The second-order valence-corrected chi connectivity index (χ2v) is 5.95. The zero-order valence-corrected chi connectivity index (χ0v) is 13.7. The highest BCUT2D eigenvalue weighted by Gasteiger charge is 2.14. The van der Waals surface area contributed by atoms with Crippen LogP contribution in [0.4, 0.5) is 0 Å². The Morgan fingerprint density at radius 2 is 2.00 bits per heavy atom. The monoisotopic (exact) mass is 341 g/mol. The van der Waals surface area contributed by atoms with Crippen molar-refractivity contribution in [2.45, 2.75) is 5.16 Å². The van der Waals surface area contributed by atoms with Crippen molar-refractivity contribution in [3.05, 3.63) is 54.4 Å². The molecule has 2 N–H and O–H groups in total. The van der Waals surface area contributed by atoms with Gasteiger partial charge in [0.25, 0.3) is 5.91 Å². The van der Waals surface area contributed by atoms with Crippen LogP contribution in [0.15, 0.2) is 53.8 Å². The maximum absolute atomic E-state index is 11.9. The number of nitrogens with zero attached hydrogens (tertiary/aromatic N) is 3. The highest BCUT2D eigenvalue weighted by Crippen LogP contribution is 2.18. The van der Waals surface area contributed by atoms with Gasteiger partial charge in [-0.2, -0.15) is 0 Å². The molecule has 24 heavy (non-hydrogen) atoms. The van der Waals surface area contributed by atoms with E-state index in [1.165, 1.54) is 0 Å². The number of aromatic nitrogens is 4. The Morgan fingerprint density at radius 3 is 2.71 bits per heavy atom. The molecule has 0 saturated carbocycles. The fourth-order valence-electron chi connectivity index (χ4n) is 2.09. The lowest BCUT2D eigenvalue weighted by Crippen LogP contribution is -2.32. The van der Waals surface area contributed by atoms with Crippen molar-refractivity contribution < 1.29 is 9.59 Å². The average Bonchev–Trinajstić information content (AvgIpc) is 3.22. The summed E-state index contributed by atoms with van der Waals surface area (Å²) in [5.41, 5.74) is 1.35. The number of H-pyrrole nitrogens is 1. The number of aromatic amines is 1. The molecule has 0 aliphatic rings. The van der Waals surface area contributed by atoms with Crippen molar-refractivity contribution in [1.82, 2.24) is 25.1 Å². The van der Waals surface area contributed by atoms with E-state index in [-0.39, 0.29) is 5.75 Å². The minimum absolute atomic E-state index is 0.0578. The van der Waals surface area contributed by atoms with Gasteiger partial charge in [-0.1, -0.05) is 42.1 Å². The third kappa shape index (κ3) is 3.72. The summed E-state index contributed by atoms with van der Waals surface area (Å²) >= 11 is 1.16. The van der Waals surface area contributed by atoms with Gasteiger partial charge in [-0.15, -0.1) is 5.10 Å². The third-order valence-corrected chi connectivity index (χ3v) is 4.12. The van der Waals surface area contributed by atoms with Crippen molar-refractivity contribution in [1.29, 1.82) is 0 Å². The highest BCUT2D eigenvalue weighted by atomic mass is 32.2. The van der Waals surface area contributed by atoms with Crippen molar-refractivity contribution in [2.24, 2.45) is 7.05 Å². The molecule has 3 aromatic rings. The van der Waals surface area contributed by atoms with E-state index in [1.54, 1.807) is 29.9 Å². The zero-order valence-electron chi connectivity index (χ0n) is 12.9. The van der Waals surface area contributed by atoms with Gasteiger partial charge in [0.1, 0.15) is 5.69 Å². The molecule has 8 heteroatoms. The largest absolute Gasteiger partial charge is 0.347 e. The van der Waals surface area contributed by atoms with Gasteiger partial charge in [-0.3, -0.25) is 20.0 Å². The first-order valence-corrected chi connectivity index (χ1v) is 8.18. The van der Waals surface area contributed by atoms with Gasteiger partial charge in [0.2, 0.25) is 11.1 Å². The number of hydrogen-bond acceptors (Lipinski definition) is 5. The van der Waals surface area contributed by atoms with Gasteiger partial charge >= 0.3 is 0 Å². The molecule has 0 spiro atoms. The van der Waals surface area contributed by atoms with Crippen LogP contribution in [-0.4, -0.2) is 37.3 Å². The Hall–Kier alpha value is -2.87. The number of benzene rings is 1. The maximum Gasteiger partial charge on any atom is 0.274 e. The predicted molar refractivity (Wildman–Crippen MR) is 90.4 cm³/mol. The number of aryl methyl sites for hydroxylation is 1. The number of thioether (sulfide) groups is 1. The lowest BCUT2D eigenvalue weighted by molar-refractivity contribution is -0.117. The zero-order chi connectivity index (χ0) is 16.9. The Balaban J connectivity index is 1.54. The fraction of sp³-hybridized carbons (Fsp3) is 0.125. The summed E-state index contributed by atoms with van der Waals surface area (Å²) in [6, 6.07) is 13.0. The van der Waals surface area contributed by atoms with Crippen LogP contribution < -0.4 is 5.32 Å². The van der Waals surface area contributed by atoms with Gasteiger partial charge in [-0.25, -0.2) is 4.98 Å². The summed E-state index contributed by atoms with van der Waals surface area (Å²) in [5.74, 6) is -0.119. The smallest absolute Gasteiger partial charge is 0.274 e. The summed E-state index contributed by atoms with van der Waals surface area (Å²) < 4.78 is 1.65. The van der Waals surface area contributed by atoms with Gasteiger partial charge in [0, 0.05) is 18.8 Å². The van der Waals surface area contributed by atoms with Crippen LogP contribution in [0.5, 0.6) is 0 Å². The number of imide groups is 1. The molecule has 0 aliphatic carbocycles. The minimum atomic E-state index is -0.423. The summed E-state index contributed by atoms with van der Waals surface area (Å²) in [5, 5.41) is 9.70. The molecule has 122 valence electrons. The van der Waals surface area contributed by atoms with Crippen LogP contribution in [-0.2, 0) is 11.8 Å². The molecule has 1 aromatic carbocycles. The number of nitrogens with one attached hydrogen (secondary N) is 2. The lowest BCUT2D eigenvalue weighted by atomic mass is 10.2. The van der Waals surface area contributed by atoms with Gasteiger partial charge < -0.3 is 4.57 Å². The van der Waals surface area contributed by atoms with E-state index >= 15 is 0 Å². The molecule has 3 rings (SSSR count). The molecule has 0 aliphatic heterocycles. The van der Waals surface area contributed by atoms with Crippen molar-refractivity contribution in [2.75, 3.05) is 5.75 Å². The SMILES string of the molecule is Cn1cccc1C(=O)NC(=O)CSc1n[nH]c(-c2ccccc2)n1. The first-order valence-electron chi connectivity index (χ1n) is 7.19. The third-order valence-electron chi connectivity index (χ3n) is 3.27. The molecule has 2 heterocycles. The Bertz CT molecular complexity index is 856. The number of carbonyl (C=O) groups excluding carboxylic acids is 2. The van der Waals surface area contributed by atoms with E-state index in [4.69, 9.17) is 0 Å². The molecule has 0 unspecified atom stereocenters. The normalized spacial score (nSPS) is 10.5. The Morgan fingerprint density at radius 1 is 1.21 bits per heavy atom. The van der Waals surface area contributed by atoms with Gasteiger partial charge in [-0.05, 0) is 12.1 Å². The number of carbonyl (C=O) groups is 2. The molecule has 2 aromatic heterocycles. The molecule has 7 nitrogen and oxygen atoms in total. The molecule has 0 radical (unpaired) electrons. The molecular weight excluding hydrogens is 326 g/mol. The number of amides is 2. The van der Waals surface area contributed by atoms with Crippen molar-refractivity contribution >= 4 is 23.6 Å². The molecular formula is C16H15N5O2S. The van der Waals surface area contributed by atoms with Gasteiger partial charge in [0.15, 0.2) is 5.82 Å². The Labute approximate surface area is 142 Å². The first-order chi connectivity index (χ1) is 11.6. The summed E-state index contributed by atoms with van der Waals surface area (Å²) in [4.78, 5) is 28.1. The fourth-order valence-corrected chi connectivity index (χ4v) is 2.69. The molecule has 0 fully saturated rings. The van der Waals surface area contributed by atoms with E-state index in [9.17, 15) is 9.59 Å². The lowest BCUT2D eigenvalue weighted by Gasteiger charge is -2.04. The summed E-state index contributed by atoms with van der Waals surface area (Å²) in [7, 11) is 1.74. The number of rotatable bonds is 5.